The average Bonchev–Trinajstić information content (AvgIpc) is 3.25. The molecule has 4 atom stereocenters. The summed E-state index contributed by atoms with van der Waals surface area (Å²) < 4.78 is 0. The SMILES string of the molecule is CC(C)CC(NC(=O)C(C)NC(=O)C(N)Cc1c[nH]c2ccccc12)C(=O)NC(CCCCN)C(=O)O. The van der Waals surface area contributed by atoms with Crippen molar-refractivity contribution in [2.24, 2.45) is 17.4 Å². The van der Waals surface area contributed by atoms with Crippen LogP contribution < -0.4 is 27.4 Å². The van der Waals surface area contributed by atoms with E-state index in [1.165, 1.54) is 6.92 Å². The first-order valence-corrected chi connectivity index (χ1v) is 12.7. The van der Waals surface area contributed by atoms with Crippen molar-refractivity contribution < 1.29 is 24.3 Å². The summed E-state index contributed by atoms with van der Waals surface area (Å²) in [5.74, 6) is -2.75. The second-order valence-electron chi connectivity index (χ2n) is 9.77. The van der Waals surface area contributed by atoms with Crippen molar-refractivity contribution in [1.82, 2.24) is 20.9 Å². The van der Waals surface area contributed by atoms with Crippen LogP contribution in [0, 0.1) is 5.92 Å². The molecule has 9 N–H and O–H groups in total. The average molecular weight is 517 g/mol. The Bertz CT molecular complexity index is 1070. The summed E-state index contributed by atoms with van der Waals surface area (Å²) in [5, 5.41) is 18.2. The lowest BCUT2D eigenvalue weighted by Gasteiger charge is -2.25. The molecule has 0 aliphatic heterocycles. The molecule has 0 spiro atoms. The number of nitrogens with one attached hydrogen (secondary N) is 4. The highest BCUT2D eigenvalue weighted by atomic mass is 16.4. The third-order valence-corrected chi connectivity index (χ3v) is 6.11. The Hall–Kier alpha value is -3.44. The maximum absolute atomic E-state index is 12.9. The molecule has 0 aliphatic rings. The van der Waals surface area contributed by atoms with Gasteiger partial charge in [0.15, 0.2) is 0 Å². The van der Waals surface area contributed by atoms with E-state index in [9.17, 15) is 24.3 Å². The fourth-order valence-corrected chi connectivity index (χ4v) is 4.04. The van der Waals surface area contributed by atoms with E-state index in [-0.39, 0.29) is 18.8 Å². The molecule has 11 nitrogen and oxygen atoms in total. The van der Waals surface area contributed by atoms with Gasteiger partial charge in [-0.15, -0.1) is 0 Å². The van der Waals surface area contributed by atoms with Gasteiger partial charge < -0.3 is 37.5 Å². The first-order valence-electron chi connectivity index (χ1n) is 12.7. The second kappa shape index (κ2) is 14.3. The molecule has 0 aliphatic carbocycles. The number of hydrogen-bond donors (Lipinski definition) is 7. The minimum absolute atomic E-state index is 0.0473. The first kappa shape index (κ1) is 29.8. The Labute approximate surface area is 217 Å². The van der Waals surface area contributed by atoms with Gasteiger partial charge in [-0.1, -0.05) is 32.0 Å². The molecule has 0 bridgehead atoms. The number of benzene rings is 1. The summed E-state index contributed by atoms with van der Waals surface area (Å²) in [4.78, 5) is 53.1. The number of carbonyl (C=O) groups is 4. The molecule has 2 aromatic rings. The molecule has 1 heterocycles. The van der Waals surface area contributed by atoms with Crippen LogP contribution >= 0.6 is 0 Å². The number of fused-ring (bicyclic) bond motifs is 1. The Morgan fingerprint density at radius 3 is 2.27 bits per heavy atom. The number of unbranched alkanes of at least 4 members (excludes halogenated alkanes) is 1. The number of carboxylic acids is 1. The zero-order valence-electron chi connectivity index (χ0n) is 21.8. The van der Waals surface area contributed by atoms with Gasteiger partial charge in [-0.3, -0.25) is 14.4 Å². The van der Waals surface area contributed by atoms with Gasteiger partial charge in [0.05, 0.1) is 6.04 Å². The van der Waals surface area contributed by atoms with Crippen molar-refractivity contribution in [3.63, 3.8) is 0 Å². The van der Waals surface area contributed by atoms with E-state index in [1.54, 1.807) is 0 Å². The zero-order chi connectivity index (χ0) is 27.5. The van der Waals surface area contributed by atoms with Crippen LogP contribution in [0.4, 0.5) is 0 Å². The fraction of sp³-hybridized carbons (Fsp3) is 0.538. The zero-order valence-corrected chi connectivity index (χ0v) is 21.8. The predicted octanol–water partition coefficient (Wildman–Crippen LogP) is 0.772. The van der Waals surface area contributed by atoms with Gasteiger partial charge in [-0.25, -0.2) is 4.79 Å². The van der Waals surface area contributed by atoms with Crippen LogP contribution in [0.3, 0.4) is 0 Å². The molecule has 1 aromatic heterocycles. The predicted molar refractivity (Wildman–Crippen MR) is 141 cm³/mol. The van der Waals surface area contributed by atoms with E-state index in [0.29, 0.717) is 25.8 Å². The Kier molecular flexibility index (Phi) is 11.5. The molecule has 2 rings (SSSR count). The van der Waals surface area contributed by atoms with Crippen LogP contribution in [0.2, 0.25) is 0 Å². The van der Waals surface area contributed by atoms with Crippen molar-refractivity contribution in [3.8, 4) is 0 Å². The summed E-state index contributed by atoms with van der Waals surface area (Å²) in [6.07, 6.45) is 3.82. The Morgan fingerprint density at radius 1 is 0.946 bits per heavy atom. The molecule has 0 radical (unpaired) electrons. The topological polar surface area (TPSA) is 192 Å². The maximum Gasteiger partial charge on any atom is 0.326 e. The lowest BCUT2D eigenvalue weighted by atomic mass is 10.0. The number of para-hydroxylation sites is 1. The minimum atomic E-state index is -1.15. The largest absolute Gasteiger partial charge is 0.480 e. The van der Waals surface area contributed by atoms with Crippen LogP contribution in [0.25, 0.3) is 10.9 Å². The number of H-pyrrole nitrogens is 1. The number of carboxylic acid groups (broad SMARTS) is 1. The maximum atomic E-state index is 12.9. The van der Waals surface area contributed by atoms with Crippen LogP contribution in [-0.4, -0.2) is 64.5 Å². The van der Waals surface area contributed by atoms with Gasteiger partial charge in [0.2, 0.25) is 17.7 Å². The van der Waals surface area contributed by atoms with Gasteiger partial charge in [0, 0.05) is 17.1 Å². The smallest absolute Gasteiger partial charge is 0.326 e. The van der Waals surface area contributed by atoms with E-state index in [2.05, 4.69) is 20.9 Å². The van der Waals surface area contributed by atoms with Gasteiger partial charge in [0.1, 0.15) is 18.1 Å². The number of aromatic nitrogens is 1. The lowest BCUT2D eigenvalue weighted by Crippen LogP contribution is -2.56. The van der Waals surface area contributed by atoms with Crippen molar-refractivity contribution >= 4 is 34.6 Å². The van der Waals surface area contributed by atoms with Gasteiger partial charge in [-0.05, 0) is 63.1 Å². The molecule has 0 saturated carbocycles. The summed E-state index contributed by atoms with van der Waals surface area (Å²) in [6.45, 7) is 5.71. The van der Waals surface area contributed by atoms with Gasteiger partial charge >= 0.3 is 5.97 Å². The second-order valence-corrected chi connectivity index (χ2v) is 9.77. The van der Waals surface area contributed by atoms with E-state index < -0.39 is 47.9 Å². The summed E-state index contributed by atoms with van der Waals surface area (Å²) in [6, 6.07) is 3.81. The fourth-order valence-electron chi connectivity index (χ4n) is 4.04. The van der Waals surface area contributed by atoms with Crippen LogP contribution in [0.5, 0.6) is 0 Å². The third kappa shape index (κ3) is 9.18. The van der Waals surface area contributed by atoms with Crippen LogP contribution in [-0.2, 0) is 25.6 Å². The van der Waals surface area contributed by atoms with Crippen LogP contribution in [0.15, 0.2) is 30.5 Å². The number of aliphatic carboxylic acids is 1. The molecule has 11 heteroatoms. The van der Waals surface area contributed by atoms with E-state index in [1.807, 2.05) is 44.3 Å². The summed E-state index contributed by atoms with van der Waals surface area (Å²) >= 11 is 0. The van der Waals surface area contributed by atoms with E-state index in [4.69, 9.17) is 11.5 Å². The number of amides is 3. The van der Waals surface area contributed by atoms with Gasteiger partial charge in [-0.2, -0.15) is 0 Å². The molecule has 3 amide bonds. The highest BCUT2D eigenvalue weighted by Gasteiger charge is 2.29. The van der Waals surface area contributed by atoms with Crippen LogP contribution in [0.1, 0.15) is 52.0 Å². The Balaban J connectivity index is 1.97. The molecule has 0 saturated heterocycles. The highest BCUT2D eigenvalue weighted by Crippen LogP contribution is 2.18. The van der Waals surface area contributed by atoms with Gasteiger partial charge in [0.25, 0.3) is 0 Å². The van der Waals surface area contributed by atoms with Crippen molar-refractivity contribution in [2.75, 3.05) is 6.54 Å². The van der Waals surface area contributed by atoms with E-state index in [0.717, 1.165) is 16.5 Å². The number of hydrogen-bond acceptors (Lipinski definition) is 6. The molecule has 0 fully saturated rings. The standard InChI is InChI=1S/C26H40N6O5/c1-15(2)12-22(25(35)31-21(26(36)37)10-6-7-11-27)32-23(33)16(3)30-24(34)19(28)13-17-14-29-20-9-5-4-8-18(17)20/h4-5,8-9,14-16,19,21-22,29H,6-7,10-13,27-28H2,1-3H3,(H,30,34)(H,31,35)(H,32,33)(H,36,37). The van der Waals surface area contributed by atoms with Crippen molar-refractivity contribution in [1.29, 1.82) is 0 Å². The Morgan fingerprint density at radius 2 is 1.62 bits per heavy atom. The lowest BCUT2D eigenvalue weighted by molar-refractivity contribution is -0.142. The monoisotopic (exact) mass is 516 g/mol. The molecule has 37 heavy (non-hydrogen) atoms. The molecule has 4 unspecified atom stereocenters. The number of rotatable bonds is 15. The number of nitrogens with two attached hydrogens (primary N) is 2. The number of aromatic amines is 1. The minimum Gasteiger partial charge on any atom is -0.480 e. The summed E-state index contributed by atoms with van der Waals surface area (Å²) in [5.41, 5.74) is 13.4. The normalized spacial score (nSPS) is 14.5. The quantitative estimate of drug-likeness (QED) is 0.170. The summed E-state index contributed by atoms with van der Waals surface area (Å²) in [7, 11) is 0. The highest BCUT2D eigenvalue weighted by molar-refractivity contribution is 5.94. The molecular formula is C26H40N6O5. The molecule has 1 aromatic carbocycles. The first-order chi connectivity index (χ1) is 17.5. The molecular weight excluding hydrogens is 476 g/mol. The third-order valence-electron chi connectivity index (χ3n) is 6.11. The van der Waals surface area contributed by atoms with Crippen molar-refractivity contribution in [3.05, 3.63) is 36.0 Å². The van der Waals surface area contributed by atoms with E-state index >= 15 is 0 Å². The van der Waals surface area contributed by atoms with Crippen molar-refractivity contribution in [2.45, 2.75) is 77.0 Å². The molecule has 204 valence electrons. The number of carbonyl (C=O) groups excluding carboxylic acids is 3.